The first-order chi connectivity index (χ1) is 57.9. The zero-order valence-electron chi connectivity index (χ0n) is 65.2. The number of anilines is 6. The second-order valence-electron chi connectivity index (χ2n) is 31.8. The molecule has 0 unspecified atom stereocenters. The second-order valence-corrected chi connectivity index (χ2v) is 31.8. The molecule has 0 saturated heterocycles. The van der Waals surface area contributed by atoms with Gasteiger partial charge in [-0.15, -0.1) is 0 Å². The maximum absolute atomic E-state index is 6.84. The quantitative estimate of drug-likeness (QED) is 0.0984. The van der Waals surface area contributed by atoms with Crippen molar-refractivity contribution in [2.75, 3.05) is 9.80 Å². The van der Waals surface area contributed by atoms with E-state index in [1.54, 1.807) is 0 Å². The second kappa shape index (κ2) is 27.8. The standard InChI is InChI=1S/C108H74N8O2/c1-107(2)94-38-20-18-36-86(94)92-65-83(52-58-95(92)107)115(79-32-15-8-16-33-79)80-47-39-67(40-48-80)74-43-53-89-91-56-46-78(64-100(91)118-97(89)61-74)106-113-103(71-27-13-7-14-28-71)110-104(114-106)76-31-21-29-72(59-76)73-30-22-34-82(60-73)116(84-51-57-87-85-35-17-19-37-93(85)108(3,4)96(87)66-84)81-49-41-68(42-50-81)75-44-54-88-90-55-45-77(63-99(90)117-98(88)62-75)105-111-101(69-23-9-5-10-24-69)109-102(112-105)70-25-11-6-12-26-70/h5-66H,1-4H3. The van der Waals surface area contributed by atoms with Gasteiger partial charge in [-0.25, -0.2) is 29.9 Å². The van der Waals surface area contributed by atoms with Gasteiger partial charge in [0.05, 0.1) is 0 Å². The Hall–Kier alpha value is -15.3. The van der Waals surface area contributed by atoms with E-state index >= 15 is 0 Å². The lowest BCUT2D eigenvalue weighted by molar-refractivity contribution is 0.660. The van der Waals surface area contributed by atoms with Gasteiger partial charge in [0.1, 0.15) is 22.3 Å². The zero-order valence-corrected chi connectivity index (χ0v) is 65.2. The van der Waals surface area contributed by atoms with Crippen molar-refractivity contribution in [1.82, 2.24) is 29.9 Å². The van der Waals surface area contributed by atoms with Crippen LogP contribution in [0.4, 0.5) is 34.1 Å². The molecule has 0 atom stereocenters. The molecule has 22 rings (SSSR count). The van der Waals surface area contributed by atoms with Crippen LogP contribution in [-0.2, 0) is 10.8 Å². The summed E-state index contributed by atoms with van der Waals surface area (Å²) in [6, 6.07) is 133. The number of aromatic nitrogens is 6. The molecule has 0 bridgehead atoms. The molecule has 4 aromatic heterocycles. The Kier molecular flexibility index (Phi) is 16.4. The van der Waals surface area contributed by atoms with Crippen LogP contribution in [0, 0.1) is 0 Å². The molecule has 20 aromatic rings. The van der Waals surface area contributed by atoms with Crippen LogP contribution in [0.25, 0.3) is 168 Å². The van der Waals surface area contributed by atoms with Crippen molar-refractivity contribution >= 4 is 78.0 Å². The third kappa shape index (κ3) is 12.0. The maximum Gasteiger partial charge on any atom is 0.164 e. The van der Waals surface area contributed by atoms with Crippen LogP contribution in [0.15, 0.2) is 385 Å². The van der Waals surface area contributed by atoms with Gasteiger partial charge in [0.25, 0.3) is 0 Å². The summed E-state index contributed by atoms with van der Waals surface area (Å²) in [7, 11) is 0. The zero-order chi connectivity index (χ0) is 78.7. The highest BCUT2D eigenvalue weighted by Gasteiger charge is 2.38. The SMILES string of the molecule is CC1(C)c2ccccc2-c2cc(N(c3ccccc3)c3ccc(-c4ccc5c(c4)oc4cc(-c6nc(-c7ccccc7)nc(-c7cccc(-c8cccc(N(c9ccc(-c%10ccc%11c(c%10)oc%10cc(-c%12nc(-c%13ccccc%13)nc(-c%13ccccc%13)n%12)ccc%10%11)cc9)c9ccc%10c(c9)C(C)(C)c9ccccc9-%10)c8)c7)n6)ccc45)cc3)ccc21. The fraction of sp³-hybridized carbons (Fsp3) is 0.0556. The Balaban J connectivity index is 0.573. The molecule has 2 aliphatic rings. The Morgan fingerprint density at radius 3 is 0.966 bits per heavy atom. The minimum absolute atomic E-state index is 0.0771. The number of hydrogen-bond donors (Lipinski definition) is 0. The molecule has 0 spiro atoms. The topological polar surface area (TPSA) is 110 Å². The van der Waals surface area contributed by atoms with E-state index in [9.17, 15) is 0 Å². The molecule has 0 N–H and O–H groups in total. The van der Waals surface area contributed by atoms with Gasteiger partial charge in [0.2, 0.25) is 0 Å². The average Bonchev–Trinajstić information content (AvgIpc) is 1.58. The lowest BCUT2D eigenvalue weighted by Gasteiger charge is -2.28. The van der Waals surface area contributed by atoms with Crippen LogP contribution < -0.4 is 9.80 Å². The average molecular weight is 1520 g/mol. The molecular weight excluding hydrogens is 1440 g/mol. The van der Waals surface area contributed by atoms with E-state index < -0.39 is 0 Å². The van der Waals surface area contributed by atoms with Crippen molar-refractivity contribution < 1.29 is 8.83 Å². The Morgan fingerprint density at radius 1 is 0.186 bits per heavy atom. The first kappa shape index (κ1) is 69.5. The van der Waals surface area contributed by atoms with E-state index in [1.807, 2.05) is 97.1 Å². The Morgan fingerprint density at radius 2 is 0.475 bits per heavy atom. The fourth-order valence-corrected chi connectivity index (χ4v) is 17.9. The van der Waals surface area contributed by atoms with Gasteiger partial charge in [0.15, 0.2) is 34.9 Å². The molecule has 16 aromatic carbocycles. The summed E-state index contributed by atoms with van der Waals surface area (Å²) in [5.41, 5.74) is 31.1. The molecule has 2 aliphatic carbocycles. The summed E-state index contributed by atoms with van der Waals surface area (Å²) in [6.07, 6.45) is 0. The van der Waals surface area contributed by atoms with Crippen LogP contribution in [0.5, 0.6) is 0 Å². The summed E-state index contributed by atoms with van der Waals surface area (Å²) in [5, 5.41) is 4.09. The lowest BCUT2D eigenvalue weighted by Crippen LogP contribution is -2.16. The number of nitrogens with zero attached hydrogens (tertiary/aromatic N) is 8. The van der Waals surface area contributed by atoms with Crippen molar-refractivity contribution in [3.8, 4) is 124 Å². The molecular formula is C108H74N8O2. The highest BCUT2D eigenvalue weighted by atomic mass is 16.3. The molecule has 0 saturated carbocycles. The summed E-state index contributed by atoms with van der Waals surface area (Å²) in [5.74, 6) is 3.46. The third-order valence-electron chi connectivity index (χ3n) is 24.0. The van der Waals surface area contributed by atoms with Crippen LogP contribution in [0.2, 0.25) is 0 Å². The fourth-order valence-electron chi connectivity index (χ4n) is 17.9. The van der Waals surface area contributed by atoms with Crippen molar-refractivity contribution in [3.63, 3.8) is 0 Å². The van der Waals surface area contributed by atoms with E-state index in [1.165, 1.54) is 44.5 Å². The molecule has 118 heavy (non-hydrogen) atoms. The lowest BCUT2D eigenvalue weighted by atomic mass is 9.82. The van der Waals surface area contributed by atoms with Crippen LogP contribution >= 0.6 is 0 Å². The predicted molar refractivity (Wildman–Crippen MR) is 481 cm³/mol. The first-order valence-corrected chi connectivity index (χ1v) is 40.1. The normalized spacial score (nSPS) is 12.9. The van der Waals surface area contributed by atoms with Crippen LogP contribution in [-0.4, -0.2) is 29.9 Å². The van der Waals surface area contributed by atoms with Gasteiger partial charge in [-0.05, 0) is 205 Å². The van der Waals surface area contributed by atoms with Gasteiger partial charge in [-0.1, -0.05) is 276 Å². The smallest absolute Gasteiger partial charge is 0.164 e. The van der Waals surface area contributed by atoms with Gasteiger partial charge >= 0.3 is 0 Å². The van der Waals surface area contributed by atoms with Crippen molar-refractivity contribution in [1.29, 1.82) is 0 Å². The van der Waals surface area contributed by atoms with Gasteiger partial charge in [0, 0.05) is 99.9 Å². The van der Waals surface area contributed by atoms with Gasteiger partial charge in [-0.3, -0.25) is 0 Å². The first-order valence-electron chi connectivity index (χ1n) is 40.1. The molecule has 0 aliphatic heterocycles. The molecule has 10 nitrogen and oxygen atoms in total. The molecule has 10 heteroatoms. The van der Waals surface area contributed by atoms with Gasteiger partial charge < -0.3 is 18.6 Å². The van der Waals surface area contributed by atoms with E-state index in [2.05, 4.69) is 317 Å². The summed E-state index contributed by atoms with van der Waals surface area (Å²) in [6.45, 7) is 9.34. The Bertz CT molecular complexity index is 7300. The minimum atomic E-state index is -0.220. The molecule has 0 radical (unpaired) electrons. The number of benzene rings is 16. The number of hydrogen-bond acceptors (Lipinski definition) is 10. The maximum atomic E-state index is 6.84. The monoisotopic (exact) mass is 1510 g/mol. The summed E-state index contributed by atoms with van der Waals surface area (Å²) >= 11 is 0. The van der Waals surface area contributed by atoms with Crippen molar-refractivity contribution in [2.24, 2.45) is 0 Å². The van der Waals surface area contributed by atoms with E-state index in [0.717, 1.165) is 145 Å². The van der Waals surface area contributed by atoms with Gasteiger partial charge in [-0.2, -0.15) is 0 Å². The molecule has 558 valence electrons. The summed E-state index contributed by atoms with van der Waals surface area (Å²) < 4.78 is 13.6. The van der Waals surface area contributed by atoms with E-state index in [0.29, 0.717) is 34.9 Å². The number of para-hydroxylation sites is 1. The predicted octanol–water partition coefficient (Wildman–Crippen LogP) is 28.4. The third-order valence-corrected chi connectivity index (χ3v) is 24.0. The number of rotatable bonds is 15. The number of fused-ring (bicyclic) bond motifs is 12. The molecule has 0 amide bonds. The highest BCUT2D eigenvalue weighted by molar-refractivity contribution is 6.08. The van der Waals surface area contributed by atoms with E-state index in [-0.39, 0.29) is 10.8 Å². The van der Waals surface area contributed by atoms with Crippen LogP contribution in [0.3, 0.4) is 0 Å². The number of furan rings is 2. The van der Waals surface area contributed by atoms with Crippen molar-refractivity contribution in [2.45, 2.75) is 38.5 Å². The minimum Gasteiger partial charge on any atom is -0.456 e. The Labute approximate surface area is 683 Å². The largest absolute Gasteiger partial charge is 0.456 e. The van der Waals surface area contributed by atoms with E-state index in [4.69, 9.17) is 38.7 Å². The molecule has 0 fully saturated rings. The van der Waals surface area contributed by atoms with Crippen molar-refractivity contribution in [3.05, 3.63) is 398 Å². The highest BCUT2D eigenvalue weighted by Crippen LogP contribution is 2.53. The van der Waals surface area contributed by atoms with Crippen LogP contribution in [0.1, 0.15) is 49.9 Å². The summed E-state index contributed by atoms with van der Waals surface area (Å²) in [4.78, 5) is 35.4. The molecule has 4 heterocycles.